The van der Waals surface area contributed by atoms with E-state index in [9.17, 15) is 0 Å². The molecule has 0 amide bonds. The first kappa shape index (κ1) is 15.5. The van der Waals surface area contributed by atoms with Gasteiger partial charge in [-0.05, 0) is 55.3 Å². The van der Waals surface area contributed by atoms with Gasteiger partial charge in [0.05, 0.1) is 5.56 Å². The first-order valence-electron chi connectivity index (χ1n) is 6.14. The Labute approximate surface area is 132 Å². The number of amidine groups is 1. The molecule has 4 nitrogen and oxygen atoms in total. The molecular formula is C15H14Cl2N2O2. The third-order valence-electron chi connectivity index (χ3n) is 2.96. The van der Waals surface area contributed by atoms with Crippen molar-refractivity contribution in [3.8, 4) is 11.5 Å². The van der Waals surface area contributed by atoms with E-state index in [0.29, 0.717) is 27.1 Å². The molecule has 0 saturated carbocycles. The first-order chi connectivity index (χ1) is 9.92. The molecule has 110 valence electrons. The zero-order valence-corrected chi connectivity index (χ0v) is 13.0. The van der Waals surface area contributed by atoms with Crippen molar-refractivity contribution in [2.45, 2.75) is 13.8 Å². The van der Waals surface area contributed by atoms with Gasteiger partial charge in [0, 0.05) is 10.0 Å². The summed E-state index contributed by atoms with van der Waals surface area (Å²) < 4.78 is 5.91. The molecule has 0 saturated heterocycles. The van der Waals surface area contributed by atoms with Crippen molar-refractivity contribution < 1.29 is 9.94 Å². The molecule has 0 radical (unpaired) electrons. The van der Waals surface area contributed by atoms with Crippen LogP contribution in [0.3, 0.4) is 0 Å². The summed E-state index contributed by atoms with van der Waals surface area (Å²) >= 11 is 11.9. The van der Waals surface area contributed by atoms with Gasteiger partial charge in [-0.1, -0.05) is 28.4 Å². The molecule has 0 aliphatic heterocycles. The van der Waals surface area contributed by atoms with Gasteiger partial charge in [0.1, 0.15) is 11.5 Å². The summed E-state index contributed by atoms with van der Waals surface area (Å²) in [5.74, 6) is 1.05. The Balaban J connectivity index is 2.50. The summed E-state index contributed by atoms with van der Waals surface area (Å²) in [6.07, 6.45) is 0. The van der Waals surface area contributed by atoms with Gasteiger partial charge < -0.3 is 15.7 Å². The van der Waals surface area contributed by atoms with Gasteiger partial charge in [-0.25, -0.2) is 0 Å². The Morgan fingerprint density at radius 3 is 2.29 bits per heavy atom. The van der Waals surface area contributed by atoms with E-state index in [1.54, 1.807) is 18.2 Å². The van der Waals surface area contributed by atoms with Crippen LogP contribution in [0.15, 0.2) is 35.5 Å². The van der Waals surface area contributed by atoms with Crippen molar-refractivity contribution in [1.82, 2.24) is 0 Å². The number of rotatable bonds is 3. The average molecular weight is 325 g/mol. The highest BCUT2D eigenvalue weighted by Crippen LogP contribution is 2.33. The minimum Gasteiger partial charge on any atom is -0.456 e. The molecule has 0 heterocycles. The lowest BCUT2D eigenvalue weighted by Gasteiger charge is -2.15. The molecule has 0 atom stereocenters. The number of hydrogen-bond acceptors (Lipinski definition) is 3. The summed E-state index contributed by atoms with van der Waals surface area (Å²) in [7, 11) is 0. The van der Waals surface area contributed by atoms with Crippen LogP contribution in [0, 0.1) is 13.8 Å². The number of oxime groups is 1. The highest BCUT2D eigenvalue weighted by molar-refractivity contribution is 6.31. The van der Waals surface area contributed by atoms with Crippen LogP contribution in [0.1, 0.15) is 16.7 Å². The van der Waals surface area contributed by atoms with Gasteiger partial charge >= 0.3 is 0 Å². The zero-order chi connectivity index (χ0) is 15.6. The topological polar surface area (TPSA) is 67.8 Å². The van der Waals surface area contributed by atoms with E-state index in [1.165, 1.54) is 0 Å². The van der Waals surface area contributed by atoms with Crippen LogP contribution in [0.4, 0.5) is 0 Å². The van der Waals surface area contributed by atoms with Gasteiger partial charge in [0.15, 0.2) is 5.84 Å². The number of nitrogens with two attached hydrogens (primary N) is 1. The molecule has 2 rings (SSSR count). The Morgan fingerprint density at radius 1 is 1.10 bits per heavy atom. The minimum absolute atomic E-state index is 0.0724. The summed E-state index contributed by atoms with van der Waals surface area (Å²) in [4.78, 5) is 0. The van der Waals surface area contributed by atoms with Crippen LogP contribution in [0.2, 0.25) is 10.0 Å². The number of benzene rings is 2. The maximum absolute atomic E-state index is 8.86. The van der Waals surface area contributed by atoms with Gasteiger partial charge in [-0.2, -0.15) is 0 Å². The maximum atomic E-state index is 8.86. The fourth-order valence-electron chi connectivity index (χ4n) is 2.01. The quantitative estimate of drug-likeness (QED) is 0.378. The second-order valence-corrected chi connectivity index (χ2v) is 5.47. The Hall–Kier alpha value is -1.91. The molecule has 0 aliphatic carbocycles. The second-order valence-electron chi connectivity index (χ2n) is 4.60. The Kier molecular flexibility index (Phi) is 4.60. The zero-order valence-electron chi connectivity index (χ0n) is 11.5. The molecule has 6 heteroatoms. The Bertz CT molecular complexity index is 692. The fraction of sp³-hybridized carbons (Fsp3) is 0.133. The van der Waals surface area contributed by atoms with Crippen LogP contribution in [-0.4, -0.2) is 11.0 Å². The van der Waals surface area contributed by atoms with Crippen molar-refractivity contribution in [1.29, 1.82) is 0 Å². The van der Waals surface area contributed by atoms with Crippen LogP contribution in [0.25, 0.3) is 0 Å². The summed E-state index contributed by atoms with van der Waals surface area (Å²) in [6, 6.07) is 8.54. The minimum atomic E-state index is -0.0724. The molecule has 0 fully saturated rings. The average Bonchev–Trinajstić information content (AvgIpc) is 2.43. The van der Waals surface area contributed by atoms with Crippen molar-refractivity contribution in [3.63, 3.8) is 0 Å². The van der Waals surface area contributed by atoms with E-state index in [-0.39, 0.29) is 5.84 Å². The predicted octanol–water partition coefficient (Wildman–Crippen LogP) is 4.50. The van der Waals surface area contributed by atoms with Crippen molar-refractivity contribution >= 4 is 29.0 Å². The molecule has 0 aliphatic rings. The van der Waals surface area contributed by atoms with E-state index >= 15 is 0 Å². The normalized spacial score (nSPS) is 11.5. The lowest BCUT2D eigenvalue weighted by Crippen LogP contribution is -2.14. The third-order valence-corrected chi connectivity index (χ3v) is 3.42. The number of aryl methyl sites for hydroxylation is 2. The predicted molar refractivity (Wildman–Crippen MR) is 85.0 cm³/mol. The van der Waals surface area contributed by atoms with Gasteiger partial charge in [0.25, 0.3) is 0 Å². The largest absolute Gasteiger partial charge is 0.456 e. The van der Waals surface area contributed by atoms with E-state index in [0.717, 1.165) is 11.1 Å². The van der Waals surface area contributed by atoms with E-state index in [1.807, 2.05) is 26.0 Å². The summed E-state index contributed by atoms with van der Waals surface area (Å²) in [5, 5.41) is 13.0. The molecule has 2 aromatic carbocycles. The lowest BCUT2D eigenvalue weighted by molar-refractivity contribution is 0.318. The van der Waals surface area contributed by atoms with Crippen LogP contribution < -0.4 is 10.5 Å². The molecule has 2 aromatic rings. The van der Waals surface area contributed by atoms with Gasteiger partial charge in [-0.3, -0.25) is 0 Å². The molecule has 0 spiro atoms. The smallest absolute Gasteiger partial charge is 0.173 e. The monoisotopic (exact) mass is 324 g/mol. The van der Waals surface area contributed by atoms with Crippen LogP contribution >= 0.6 is 23.2 Å². The molecular weight excluding hydrogens is 311 g/mol. The van der Waals surface area contributed by atoms with Crippen molar-refractivity contribution in [2.24, 2.45) is 10.9 Å². The van der Waals surface area contributed by atoms with Gasteiger partial charge in [0.2, 0.25) is 0 Å². The van der Waals surface area contributed by atoms with Crippen LogP contribution in [-0.2, 0) is 0 Å². The standard InChI is InChI=1S/C15H14Cl2N2O2/c1-8-5-11(17)6-9(2)14(8)21-13-4-3-10(16)7-12(13)15(18)19-20/h3-7,20H,1-2H3,(H2,18,19). The lowest BCUT2D eigenvalue weighted by atomic mass is 10.1. The first-order valence-corrected chi connectivity index (χ1v) is 6.90. The molecule has 3 N–H and O–H groups in total. The van der Waals surface area contributed by atoms with E-state index in [2.05, 4.69) is 5.16 Å². The molecule has 0 bridgehead atoms. The van der Waals surface area contributed by atoms with E-state index < -0.39 is 0 Å². The fourth-order valence-corrected chi connectivity index (χ4v) is 2.51. The summed E-state index contributed by atoms with van der Waals surface area (Å²) in [5.41, 5.74) is 7.85. The SMILES string of the molecule is Cc1cc(Cl)cc(C)c1Oc1ccc(Cl)cc1C(N)=NO. The Morgan fingerprint density at radius 2 is 1.71 bits per heavy atom. The molecule has 0 aromatic heterocycles. The molecule has 21 heavy (non-hydrogen) atoms. The van der Waals surface area contributed by atoms with Crippen molar-refractivity contribution in [3.05, 3.63) is 57.1 Å². The number of ether oxygens (including phenoxy) is 1. The second kappa shape index (κ2) is 6.24. The van der Waals surface area contributed by atoms with Crippen molar-refractivity contribution in [2.75, 3.05) is 0 Å². The highest BCUT2D eigenvalue weighted by atomic mass is 35.5. The maximum Gasteiger partial charge on any atom is 0.173 e. The van der Waals surface area contributed by atoms with Crippen LogP contribution in [0.5, 0.6) is 11.5 Å². The molecule has 0 unspecified atom stereocenters. The number of nitrogens with zero attached hydrogens (tertiary/aromatic N) is 1. The van der Waals surface area contributed by atoms with Gasteiger partial charge in [-0.15, -0.1) is 0 Å². The summed E-state index contributed by atoms with van der Waals surface area (Å²) in [6.45, 7) is 3.79. The highest BCUT2D eigenvalue weighted by Gasteiger charge is 2.13. The number of halogens is 2. The third kappa shape index (κ3) is 3.40. The van der Waals surface area contributed by atoms with E-state index in [4.69, 9.17) is 38.9 Å². The number of hydrogen-bond donors (Lipinski definition) is 2.